The fourth-order valence-corrected chi connectivity index (χ4v) is 2.69. The van der Waals surface area contributed by atoms with Gasteiger partial charge in [0.1, 0.15) is 5.75 Å². The summed E-state index contributed by atoms with van der Waals surface area (Å²) < 4.78 is 16.2. The highest BCUT2D eigenvalue weighted by atomic mass is 16.5. The Hall–Kier alpha value is -3.54. The molecular weight excluding hydrogens is 356 g/mol. The lowest BCUT2D eigenvalue weighted by Crippen LogP contribution is -2.33. The molecule has 3 aromatic rings. The number of fused-ring (bicyclic) bond motifs is 1. The average Bonchev–Trinajstić information content (AvgIpc) is 2.73. The molecule has 0 spiro atoms. The van der Waals surface area contributed by atoms with E-state index in [2.05, 4.69) is 10.5 Å². The number of rotatable bonds is 7. The second-order valence-corrected chi connectivity index (χ2v) is 6.12. The molecule has 0 fully saturated rings. The molecule has 1 N–H and O–H groups in total. The number of nitrogens with one attached hydrogen (secondary N) is 1. The third kappa shape index (κ3) is 4.59. The van der Waals surface area contributed by atoms with E-state index < -0.39 is 6.10 Å². The minimum absolute atomic E-state index is 0.343. The number of hydrazone groups is 1. The second kappa shape index (κ2) is 8.90. The number of nitrogens with zero attached hydrogens (tertiary/aromatic N) is 1. The molecule has 0 aliphatic heterocycles. The first-order valence-electron chi connectivity index (χ1n) is 8.81. The van der Waals surface area contributed by atoms with Crippen molar-refractivity contribution in [3.05, 3.63) is 66.2 Å². The van der Waals surface area contributed by atoms with Gasteiger partial charge in [0.05, 0.1) is 20.4 Å². The van der Waals surface area contributed by atoms with Gasteiger partial charge in [0.15, 0.2) is 17.6 Å². The Balaban J connectivity index is 1.59. The number of hydrogen-bond donors (Lipinski definition) is 1. The van der Waals surface area contributed by atoms with Crippen molar-refractivity contribution in [3.8, 4) is 17.2 Å². The van der Waals surface area contributed by atoms with E-state index in [0.717, 1.165) is 16.3 Å². The maximum absolute atomic E-state index is 12.2. The van der Waals surface area contributed by atoms with Crippen LogP contribution < -0.4 is 19.6 Å². The van der Waals surface area contributed by atoms with Gasteiger partial charge in [-0.3, -0.25) is 4.79 Å². The van der Waals surface area contributed by atoms with Crippen LogP contribution >= 0.6 is 0 Å². The van der Waals surface area contributed by atoms with Crippen LogP contribution in [-0.4, -0.2) is 32.4 Å². The van der Waals surface area contributed by atoms with Crippen LogP contribution in [0, 0.1) is 0 Å². The number of hydrogen-bond acceptors (Lipinski definition) is 5. The lowest BCUT2D eigenvalue weighted by Gasteiger charge is -2.13. The molecule has 0 aliphatic rings. The molecule has 1 amide bonds. The van der Waals surface area contributed by atoms with Gasteiger partial charge in [-0.2, -0.15) is 5.10 Å². The quantitative estimate of drug-likeness (QED) is 0.502. The first kappa shape index (κ1) is 19.2. The van der Waals surface area contributed by atoms with Crippen LogP contribution in [0.25, 0.3) is 10.8 Å². The molecule has 0 radical (unpaired) electrons. The zero-order valence-electron chi connectivity index (χ0n) is 16.0. The first-order valence-corrected chi connectivity index (χ1v) is 8.81. The van der Waals surface area contributed by atoms with Crippen LogP contribution in [0.15, 0.2) is 65.8 Å². The number of carbonyl (C=O) groups excluding carboxylic acids is 1. The summed E-state index contributed by atoms with van der Waals surface area (Å²) >= 11 is 0. The summed E-state index contributed by atoms with van der Waals surface area (Å²) in [5, 5.41) is 6.16. The van der Waals surface area contributed by atoms with Crippen molar-refractivity contribution in [1.82, 2.24) is 5.43 Å². The summed E-state index contributed by atoms with van der Waals surface area (Å²) in [5.74, 6) is 1.50. The summed E-state index contributed by atoms with van der Waals surface area (Å²) in [6.07, 6.45) is 0.839. The summed E-state index contributed by atoms with van der Waals surface area (Å²) in [7, 11) is 3.13. The Labute approximate surface area is 163 Å². The highest BCUT2D eigenvalue weighted by Crippen LogP contribution is 2.26. The lowest BCUT2D eigenvalue weighted by molar-refractivity contribution is -0.127. The molecule has 0 saturated heterocycles. The van der Waals surface area contributed by atoms with Crippen LogP contribution in [0.5, 0.6) is 17.2 Å². The zero-order chi connectivity index (χ0) is 19.9. The van der Waals surface area contributed by atoms with E-state index in [1.54, 1.807) is 33.3 Å². The Morgan fingerprint density at radius 2 is 1.71 bits per heavy atom. The molecule has 0 aliphatic carbocycles. The summed E-state index contributed by atoms with van der Waals surface area (Å²) in [6, 6.07) is 19.0. The smallest absolute Gasteiger partial charge is 0.280 e. The molecular formula is C22H22N2O4. The van der Waals surface area contributed by atoms with E-state index in [1.807, 2.05) is 48.5 Å². The molecule has 0 heterocycles. The predicted molar refractivity (Wildman–Crippen MR) is 109 cm³/mol. The molecule has 1 atom stereocenters. The first-order chi connectivity index (χ1) is 13.6. The summed E-state index contributed by atoms with van der Waals surface area (Å²) in [6.45, 7) is 1.68. The van der Waals surface area contributed by atoms with Crippen LogP contribution in [0.3, 0.4) is 0 Å². The van der Waals surface area contributed by atoms with E-state index in [1.165, 1.54) is 6.21 Å². The number of carbonyl (C=O) groups is 1. The maximum atomic E-state index is 12.2. The summed E-state index contributed by atoms with van der Waals surface area (Å²) in [4.78, 5) is 12.2. The minimum Gasteiger partial charge on any atom is -0.493 e. The van der Waals surface area contributed by atoms with Crippen molar-refractivity contribution in [3.63, 3.8) is 0 Å². The van der Waals surface area contributed by atoms with Crippen molar-refractivity contribution in [2.75, 3.05) is 14.2 Å². The number of ether oxygens (including phenoxy) is 3. The van der Waals surface area contributed by atoms with Crippen molar-refractivity contribution >= 4 is 22.9 Å². The monoisotopic (exact) mass is 378 g/mol. The minimum atomic E-state index is -0.691. The van der Waals surface area contributed by atoms with Gasteiger partial charge in [-0.1, -0.05) is 30.3 Å². The fraction of sp³-hybridized carbons (Fsp3) is 0.182. The van der Waals surface area contributed by atoms with E-state index in [0.29, 0.717) is 17.2 Å². The van der Waals surface area contributed by atoms with Crippen molar-refractivity contribution in [1.29, 1.82) is 0 Å². The predicted octanol–water partition coefficient (Wildman–Crippen LogP) is 3.77. The second-order valence-electron chi connectivity index (χ2n) is 6.12. The van der Waals surface area contributed by atoms with Crippen LogP contribution in [-0.2, 0) is 4.79 Å². The zero-order valence-corrected chi connectivity index (χ0v) is 16.0. The van der Waals surface area contributed by atoms with E-state index >= 15 is 0 Å². The van der Waals surface area contributed by atoms with Crippen LogP contribution in [0.2, 0.25) is 0 Å². The van der Waals surface area contributed by atoms with Gasteiger partial charge >= 0.3 is 0 Å². The summed E-state index contributed by atoms with van der Waals surface area (Å²) in [5.41, 5.74) is 3.25. The SMILES string of the molecule is COc1ccc(/C=N/NC(=O)C(C)Oc2ccc3ccccc3c2)cc1OC. The molecule has 0 aromatic heterocycles. The highest BCUT2D eigenvalue weighted by molar-refractivity contribution is 5.86. The van der Waals surface area contributed by atoms with Crippen molar-refractivity contribution in [2.45, 2.75) is 13.0 Å². The Morgan fingerprint density at radius 1 is 0.964 bits per heavy atom. The Kier molecular flexibility index (Phi) is 6.11. The molecule has 3 aromatic carbocycles. The average molecular weight is 378 g/mol. The number of benzene rings is 3. The molecule has 0 bridgehead atoms. The van der Waals surface area contributed by atoms with Gasteiger partial charge in [-0.05, 0) is 53.6 Å². The third-order valence-electron chi connectivity index (χ3n) is 4.20. The number of amides is 1. The van der Waals surface area contributed by atoms with E-state index in [9.17, 15) is 4.79 Å². The Morgan fingerprint density at radius 3 is 2.46 bits per heavy atom. The molecule has 28 heavy (non-hydrogen) atoms. The molecule has 6 nitrogen and oxygen atoms in total. The van der Waals surface area contributed by atoms with E-state index in [4.69, 9.17) is 14.2 Å². The molecule has 0 saturated carbocycles. The largest absolute Gasteiger partial charge is 0.493 e. The van der Waals surface area contributed by atoms with Gasteiger partial charge in [0.25, 0.3) is 5.91 Å². The fourth-order valence-electron chi connectivity index (χ4n) is 2.69. The standard InChI is InChI=1S/C22H22N2O4/c1-15(28-19-10-9-17-6-4-5-7-18(17)13-19)22(25)24-23-14-16-8-11-20(26-2)21(12-16)27-3/h4-15H,1-3H3,(H,24,25)/b23-14+. The molecule has 144 valence electrons. The maximum Gasteiger partial charge on any atom is 0.280 e. The van der Waals surface area contributed by atoms with Crippen LogP contribution in [0.4, 0.5) is 0 Å². The number of methoxy groups -OCH3 is 2. The van der Waals surface area contributed by atoms with Crippen molar-refractivity contribution in [2.24, 2.45) is 5.10 Å². The highest BCUT2D eigenvalue weighted by Gasteiger charge is 2.14. The van der Waals surface area contributed by atoms with Gasteiger partial charge in [0.2, 0.25) is 0 Å². The van der Waals surface area contributed by atoms with E-state index in [-0.39, 0.29) is 5.91 Å². The van der Waals surface area contributed by atoms with Gasteiger partial charge in [-0.25, -0.2) is 5.43 Å². The normalized spacial score (nSPS) is 12.0. The van der Waals surface area contributed by atoms with Gasteiger partial charge in [0, 0.05) is 0 Å². The Bertz CT molecular complexity index is 1000. The third-order valence-corrected chi connectivity index (χ3v) is 4.20. The molecule has 3 rings (SSSR count). The van der Waals surface area contributed by atoms with Crippen LogP contribution in [0.1, 0.15) is 12.5 Å². The lowest BCUT2D eigenvalue weighted by atomic mass is 10.1. The van der Waals surface area contributed by atoms with Crippen molar-refractivity contribution < 1.29 is 19.0 Å². The topological polar surface area (TPSA) is 69.2 Å². The van der Waals surface area contributed by atoms with Gasteiger partial charge in [-0.15, -0.1) is 0 Å². The van der Waals surface area contributed by atoms with Gasteiger partial charge < -0.3 is 14.2 Å². The molecule has 6 heteroatoms. The molecule has 1 unspecified atom stereocenters.